The molecule has 2 atom stereocenters. The SMILES string of the molecule is COc1cc(OC)c(NC(=O)c2cc3ccccc3c3c2O[C@]2(c4ccccc4)C[C@H]3c3ccccc3O2)cc1Cl. The lowest BCUT2D eigenvalue weighted by atomic mass is 9.76. The molecule has 1 amide bonds. The first-order chi connectivity index (χ1) is 20.0. The van der Waals surface area contributed by atoms with Crippen molar-refractivity contribution >= 4 is 34.0 Å². The Labute approximate surface area is 242 Å². The van der Waals surface area contributed by atoms with Gasteiger partial charge in [-0.15, -0.1) is 0 Å². The average Bonchev–Trinajstić information content (AvgIpc) is 3.01. The number of hydrogen-bond donors (Lipinski definition) is 1. The summed E-state index contributed by atoms with van der Waals surface area (Å²) in [7, 11) is 3.05. The molecule has 0 aliphatic carbocycles. The van der Waals surface area contributed by atoms with E-state index in [1.165, 1.54) is 14.2 Å². The molecule has 7 heteroatoms. The Morgan fingerprint density at radius 3 is 2.41 bits per heavy atom. The maximum absolute atomic E-state index is 14.1. The van der Waals surface area contributed by atoms with Crippen molar-refractivity contribution in [3.8, 4) is 23.0 Å². The summed E-state index contributed by atoms with van der Waals surface area (Å²) in [6.45, 7) is 0. The quantitative estimate of drug-likeness (QED) is 0.235. The molecule has 0 unspecified atom stereocenters. The fourth-order valence-corrected chi connectivity index (χ4v) is 6.24. The summed E-state index contributed by atoms with van der Waals surface area (Å²) in [5, 5.41) is 5.32. The minimum absolute atomic E-state index is 0.0634. The van der Waals surface area contributed by atoms with Gasteiger partial charge in [-0.25, -0.2) is 0 Å². The van der Waals surface area contributed by atoms with Gasteiger partial charge in [-0.3, -0.25) is 4.79 Å². The number of nitrogens with one attached hydrogen (secondary N) is 1. The van der Waals surface area contributed by atoms with Crippen molar-refractivity contribution in [3.05, 3.63) is 124 Å². The summed E-state index contributed by atoms with van der Waals surface area (Å²) in [5.41, 5.74) is 3.72. The van der Waals surface area contributed by atoms with Crippen molar-refractivity contribution in [3.63, 3.8) is 0 Å². The second kappa shape index (κ2) is 9.75. The highest BCUT2D eigenvalue weighted by Crippen LogP contribution is 2.57. The van der Waals surface area contributed by atoms with Crippen molar-refractivity contribution in [2.75, 3.05) is 19.5 Å². The molecule has 7 rings (SSSR count). The van der Waals surface area contributed by atoms with E-state index in [1.54, 1.807) is 12.1 Å². The molecule has 1 N–H and O–H groups in total. The smallest absolute Gasteiger partial charge is 0.278 e. The molecule has 6 nitrogen and oxygen atoms in total. The summed E-state index contributed by atoms with van der Waals surface area (Å²) in [6.07, 6.45) is 0.567. The Morgan fingerprint density at radius 1 is 0.878 bits per heavy atom. The minimum Gasteiger partial charge on any atom is -0.495 e. The zero-order chi connectivity index (χ0) is 28.1. The van der Waals surface area contributed by atoms with E-state index in [0.717, 1.165) is 33.2 Å². The van der Waals surface area contributed by atoms with Gasteiger partial charge in [-0.1, -0.05) is 84.4 Å². The van der Waals surface area contributed by atoms with Crippen LogP contribution >= 0.6 is 11.6 Å². The number of hydrogen-bond acceptors (Lipinski definition) is 5. The summed E-state index contributed by atoms with van der Waals surface area (Å²) < 4.78 is 24.4. The van der Waals surface area contributed by atoms with Crippen LogP contribution in [0.3, 0.4) is 0 Å². The zero-order valence-corrected chi connectivity index (χ0v) is 23.2. The maximum atomic E-state index is 14.1. The van der Waals surface area contributed by atoms with Crippen LogP contribution in [0, 0.1) is 0 Å². The van der Waals surface area contributed by atoms with Gasteiger partial charge < -0.3 is 24.3 Å². The third-order valence-electron chi connectivity index (χ3n) is 7.88. The maximum Gasteiger partial charge on any atom is 0.278 e. The van der Waals surface area contributed by atoms with Gasteiger partial charge in [0.2, 0.25) is 0 Å². The highest BCUT2D eigenvalue weighted by atomic mass is 35.5. The number of carbonyl (C=O) groups is 1. The molecule has 5 aromatic rings. The molecule has 2 heterocycles. The lowest BCUT2D eigenvalue weighted by molar-refractivity contribution is -0.148. The molecule has 0 fully saturated rings. The van der Waals surface area contributed by atoms with Gasteiger partial charge in [0.15, 0.2) is 0 Å². The monoisotopic (exact) mass is 563 g/mol. The fourth-order valence-electron chi connectivity index (χ4n) is 6.00. The van der Waals surface area contributed by atoms with Crippen LogP contribution in [-0.4, -0.2) is 20.1 Å². The van der Waals surface area contributed by atoms with E-state index in [0.29, 0.717) is 39.9 Å². The summed E-state index contributed by atoms with van der Waals surface area (Å²) in [5.74, 6) is 0.608. The van der Waals surface area contributed by atoms with E-state index < -0.39 is 5.79 Å². The summed E-state index contributed by atoms with van der Waals surface area (Å²) in [4.78, 5) is 14.1. The Kier molecular flexibility index (Phi) is 6.02. The zero-order valence-electron chi connectivity index (χ0n) is 22.4. The number of ether oxygens (including phenoxy) is 4. The van der Waals surface area contributed by atoms with Crippen molar-refractivity contribution in [2.24, 2.45) is 0 Å². The fraction of sp³-hybridized carbons (Fsp3) is 0.147. The van der Waals surface area contributed by atoms with E-state index in [1.807, 2.05) is 72.8 Å². The number of benzene rings is 5. The number of anilines is 1. The van der Waals surface area contributed by atoms with E-state index in [4.69, 9.17) is 30.5 Å². The molecule has 0 spiro atoms. The molecular weight excluding hydrogens is 538 g/mol. The predicted octanol–water partition coefficient (Wildman–Crippen LogP) is 7.92. The van der Waals surface area contributed by atoms with Crippen LogP contribution in [0.15, 0.2) is 97.1 Å². The average molecular weight is 564 g/mol. The molecule has 2 aliphatic rings. The Morgan fingerprint density at radius 2 is 1.61 bits per heavy atom. The standard InChI is InChI=1S/C34H26ClNO5/c1-38-29-18-30(39-2)27(17-26(29)35)36-33(37)24-16-20-10-6-7-13-22(20)31-25-19-34(41-32(24)31,21-11-4-3-5-12-21)40-28-15-9-8-14-23(25)28/h3-18,25H,19H2,1-2H3,(H,36,37)/t25-,34-/m0/s1. The van der Waals surface area contributed by atoms with E-state index in [-0.39, 0.29) is 11.8 Å². The number of para-hydroxylation sites is 1. The first-order valence-corrected chi connectivity index (χ1v) is 13.7. The van der Waals surface area contributed by atoms with Crippen LogP contribution < -0.4 is 24.3 Å². The molecule has 41 heavy (non-hydrogen) atoms. The van der Waals surface area contributed by atoms with Gasteiger partial charge in [0, 0.05) is 35.1 Å². The lowest BCUT2D eigenvalue weighted by Crippen LogP contribution is -2.47. The van der Waals surface area contributed by atoms with Crippen LogP contribution in [0.1, 0.15) is 39.4 Å². The van der Waals surface area contributed by atoms with E-state index in [2.05, 4.69) is 17.4 Å². The van der Waals surface area contributed by atoms with Crippen LogP contribution in [-0.2, 0) is 5.79 Å². The molecule has 0 radical (unpaired) electrons. The number of fused-ring (bicyclic) bond motifs is 8. The number of rotatable bonds is 5. The normalized spacial score (nSPS) is 18.4. The van der Waals surface area contributed by atoms with Gasteiger partial charge in [-0.05, 0) is 29.0 Å². The van der Waals surface area contributed by atoms with Gasteiger partial charge in [0.1, 0.15) is 23.0 Å². The third kappa shape index (κ3) is 4.06. The van der Waals surface area contributed by atoms with Crippen LogP contribution in [0.4, 0.5) is 5.69 Å². The van der Waals surface area contributed by atoms with E-state index >= 15 is 0 Å². The second-order valence-electron chi connectivity index (χ2n) is 10.1. The molecule has 0 saturated carbocycles. The highest BCUT2D eigenvalue weighted by Gasteiger charge is 2.51. The van der Waals surface area contributed by atoms with Crippen LogP contribution in [0.5, 0.6) is 23.0 Å². The molecule has 2 bridgehead atoms. The van der Waals surface area contributed by atoms with Crippen molar-refractivity contribution < 1.29 is 23.7 Å². The minimum atomic E-state index is -1.11. The lowest BCUT2D eigenvalue weighted by Gasteiger charge is -2.47. The van der Waals surface area contributed by atoms with E-state index in [9.17, 15) is 4.79 Å². The third-order valence-corrected chi connectivity index (χ3v) is 8.17. The molecule has 0 saturated heterocycles. The second-order valence-corrected chi connectivity index (χ2v) is 10.6. The first-order valence-electron chi connectivity index (χ1n) is 13.3. The molecule has 5 aromatic carbocycles. The topological polar surface area (TPSA) is 66.0 Å². The Hall–Kier alpha value is -4.68. The Balaban J connectivity index is 1.44. The molecule has 2 aliphatic heterocycles. The molecular formula is C34H26ClNO5. The van der Waals surface area contributed by atoms with Gasteiger partial charge in [0.25, 0.3) is 11.7 Å². The largest absolute Gasteiger partial charge is 0.495 e. The van der Waals surface area contributed by atoms with Crippen molar-refractivity contribution in [1.29, 1.82) is 0 Å². The van der Waals surface area contributed by atoms with Crippen LogP contribution in [0.2, 0.25) is 5.02 Å². The van der Waals surface area contributed by atoms with Gasteiger partial charge >= 0.3 is 0 Å². The first kappa shape index (κ1) is 25.3. The van der Waals surface area contributed by atoms with Crippen molar-refractivity contribution in [2.45, 2.75) is 18.1 Å². The number of halogens is 1. The van der Waals surface area contributed by atoms with Crippen LogP contribution in [0.25, 0.3) is 10.8 Å². The number of amides is 1. The number of carbonyl (C=O) groups excluding carboxylic acids is 1. The van der Waals surface area contributed by atoms with Crippen molar-refractivity contribution in [1.82, 2.24) is 0 Å². The predicted molar refractivity (Wildman–Crippen MR) is 159 cm³/mol. The van der Waals surface area contributed by atoms with Gasteiger partial charge in [0.05, 0.1) is 30.5 Å². The molecule has 204 valence electrons. The summed E-state index contributed by atoms with van der Waals surface area (Å²) >= 11 is 6.41. The Bertz CT molecular complexity index is 1820. The number of methoxy groups -OCH3 is 2. The van der Waals surface area contributed by atoms with Gasteiger partial charge in [-0.2, -0.15) is 0 Å². The molecule has 0 aromatic heterocycles. The highest BCUT2D eigenvalue weighted by molar-refractivity contribution is 6.32. The summed E-state index contributed by atoms with van der Waals surface area (Å²) in [6, 6.07) is 31.2.